The number of hydrazone groups is 1. The predicted octanol–water partition coefficient (Wildman–Crippen LogP) is 5.09. The number of hydrogen-bond donors (Lipinski definition) is 3. The molecule has 0 aliphatic heterocycles. The molecule has 0 aromatic heterocycles. The molecule has 0 saturated heterocycles. The SMILES string of the molecule is Cc1c(O)c(Br)c(C)c(/C=N/NC(=O)Cc2ccc(Br)c3ccccc23)c1O. The summed E-state index contributed by atoms with van der Waals surface area (Å²) in [5.74, 6) is -0.358. The van der Waals surface area contributed by atoms with E-state index in [1.165, 1.54) is 6.21 Å². The van der Waals surface area contributed by atoms with Crippen molar-refractivity contribution in [2.45, 2.75) is 20.3 Å². The maximum absolute atomic E-state index is 12.3. The molecule has 7 heteroatoms. The Bertz CT molecular complexity index is 1080. The van der Waals surface area contributed by atoms with Crippen molar-refractivity contribution in [3.8, 4) is 11.5 Å². The minimum absolute atomic E-state index is 0.0155. The summed E-state index contributed by atoms with van der Waals surface area (Å²) in [6.45, 7) is 3.34. The standard InChI is InChI=1S/C21H18Br2N2O3/c1-11-16(20(27)12(2)21(28)19(11)23)10-24-25-18(26)9-13-7-8-17(22)15-6-4-3-5-14(13)15/h3-8,10,27-28H,9H2,1-2H3,(H,25,26)/b24-10+. The number of nitrogens with one attached hydrogen (secondary N) is 1. The molecule has 28 heavy (non-hydrogen) atoms. The summed E-state index contributed by atoms with van der Waals surface area (Å²) in [6.07, 6.45) is 1.55. The van der Waals surface area contributed by atoms with Gasteiger partial charge in [0, 0.05) is 15.6 Å². The van der Waals surface area contributed by atoms with Crippen LogP contribution in [0.25, 0.3) is 10.8 Å². The minimum atomic E-state index is -0.268. The van der Waals surface area contributed by atoms with Gasteiger partial charge in [0.05, 0.1) is 17.1 Å². The summed E-state index contributed by atoms with van der Waals surface area (Å²) >= 11 is 6.82. The van der Waals surface area contributed by atoms with E-state index in [2.05, 4.69) is 42.4 Å². The molecule has 0 saturated carbocycles. The van der Waals surface area contributed by atoms with E-state index < -0.39 is 0 Å². The molecule has 0 spiro atoms. The number of aromatic hydroxyl groups is 2. The fourth-order valence-corrected chi connectivity index (χ4v) is 3.96. The first-order valence-electron chi connectivity index (χ1n) is 8.49. The molecule has 1 amide bonds. The van der Waals surface area contributed by atoms with Gasteiger partial charge >= 0.3 is 0 Å². The van der Waals surface area contributed by atoms with E-state index in [1.807, 2.05) is 36.4 Å². The minimum Gasteiger partial charge on any atom is -0.507 e. The molecular formula is C21H18Br2N2O3. The Labute approximate surface area is 179 Å². The molecule has 144 valence electrons. The lowest BCUT2D eigenvalue weighted by atomic mass is 10.0. The summed E-state index contributed by atoms with van der Waals surface area (Å²) in [4.78, 5) is 12.3. The van der Waals surface area contributed by atoms with Crippen molar-refractivity contribution >= 4 is 54.8 Å². The highest BCUT2D eigenvalue weighted by Crippen LogP contribution is 2.39. The van der Waals surface area contributed by atoms with Gasteiger partial charge in [-0.05, 0) is 57.7 Å². The quantitative estimate of drug-likeness (QED) is 0.341. The summed E-state index contributed by atoms with van der Waals surface area (Å²) in [5, 5.41) is 26.2. The van der Waals surface area contributed by atoms with Gasteiger partial charge in [-0.2, -0.15) is 5.10 Å². The van der Waals surface area contributed by atoms with Gasteiger partial charge < -0.3 is 10.2 Å². The number of amides is 1. The molecule has 3 N–H and O–H groups in total. The zero-order chi connectivity index (χ0) is 20.4. The smallest absolute Gasteiger partial charge is 0.244 e. The average Bonchev–Trinajstić information content (AvgIpc) is 2.70. The van der Waals surface area contributed by atoms with E-state index in [4.69, 9.17) is 0 Å². The van der Waals surface area contributed by atoms with Crippen molar-refractivity contribution < 1.29 is 15.0 Å². The lowest BCUT2D eigenvalue weighted by molar-refractivity contribution is -0.120. The van der Waals surface area contributed by atoms with Gasteiger partial charge in [-0.1, -0.05) is 46.3 Å². The van der Waals surface area contributed by atoms with Crippen LogP contribution >= 0.6 is 31.9 Å². The highest BCUT2D eigenvalue weighted by Gasteiger charge is 2.16. The molecule has 0 aliphatic rings. The zero-order valence-electron chi connectivity index (χ0n) is 15.3. The van der Waals surface area contributed by atoms with Gasteiger partial charge in [-0.15, -0.1) is 0 Å². The van der Waals surface area contributed by atoms with Crippen LogP contribution in [0, 0.1) is 13.8 Å². The van der Waals surface area contributed by atoms with Crippen molar-refractivity contribution in [1.82, 2.24) is 5.43 Å². The Balaban J connectivity index is 1.79. The van der Waals surface area contributed by atoms with Crippen LogP contribution in [-0.4, -0.2) is 22.3 Å². The normalized spacial score (nSPS) is 11.3. The van der Waals surface area contributed by atoms with E-state index in [1.54, 1.807) is 13.8 Å². The van der Waals surface area contributed by atoms with Crippen LogP contribution in [0.4, 0.5) is 0 Å². The van der Waals surface area contributed by atoms with Gasteiger partial charge in [-0.25, -0.2) is 5.43 Å². The summed E-state index contributed by atoms with van der Waals surface area (Å²) in [7, 11) is 0. The monoisotopic (exact) mass is 504 g/mol. The van der Waals surface area contributed by atoms with Crippen LogP contribution < -0.4 is 5.43 Å². The summed E-state index contributed by atoms with van der Waals surface area (Å²) < 4.78 is 1.46. The Hall–Kier alpha value is -2.38. The average molecular weight is 506 g/mol. The van der Waals surface area contributed by atoms with Gasteiger partial charge in [-0.3, -0.25) is 4.79 Å². The molecule has 3 aromatic rings. The van der Waals surface area contributed by atoms with Crippen LogP contribution in [0.1, 0.15) is 22.3 Å². The molecule has 0 heterocycles. The summed E-state index contributed by atoms with van der Waals surface area (Å²) in [6, 6.07) is 11.7. The predicted molar refractivity (Wildman–Crippen MR) is 118 cm³/mol. The van der Waals surface area contributed by atoms with Gasteiger partial charge in [0.2, 0.25) is 5.91 Å². The molecular weight excluding hydrogens is 488 g/mol. The van der Waals surface area contributed by atoms with Crippen LogP contribution in [0.5, 0.6) is 11.5 Å². The van der Waals surface area contributed by atoms with Crippen LogP contribution in [0.2, 0.25) is 0 Å². The van der Waals surface area contributed by atoms with E-state index in [9.17, 15) is 15.0 Å². The third kappa shape index (κ3) is 3.91. The molecule has 0 unspecified atom stereocenters. The first-order valence-corrected chi connectivity index (χ1v) is 10.1. The molecule has 0 radical (unpaired) electrons. The molecule has 0 aliphatic carbocycles. The van der Waals surface area contributed by atoms with Crippen LogP contribution in [0.3, 0.4) is 0 Å². The molecule has 0 bridgehead atoms. The maximum Gasteiger partial charge on any atom is 0.244 e. The zero-order valence-corrected chi connectivity index (χ0v) is 18.4. The van der Waals surface area contributed by atoms with E-state index in [0.29, 0.717) is 21.2 Å². The molecule has 3 aromatic carbocycles. The van der Waals surface area contributed by atoms with E-state index in [-0.39, 0.29) is 23.8 Å². The van der Waals surface area contributed by atoms with Crippen LogP contribution in [0.15, 0.2) is 50.4 Å². The van der Waals surface area contributed by atoms with Gasteiger partial charge in [0.1, 0.15) is 11.5 Å². The van der Waals surface area contributed by atoms with E-state index in [0.717, 1.165) is 20.8 Å². The number of rotatable bonds is 4. The number of carbonyl (C=O) groups excluding carboxylic acids is 1. The van der Waals surface area contributed by atoms with Crippen LogP contribution in [-0.2, 0) is 11.2 Å². The second-order valence-corrected chi connectivity index (χ2v) is 8.04. The maximum atomic E-state index is 12.3. The highest BCUT2D eigenvalue weighted by molar-refractivity contribution is 9.11. The largest absolute Gasteiger partial charge is 0.507 e. The Kier molecular flexibility index (Phi) is 6.05. The van der Waals surface area contributed by atoms with E-state index >= 15 is 0 Å². The molecule has 0 fully saturated rings. The second-order valence-electron chi connectivity index (χ2n) is 6.40. The Morgan fingerprint density at radius 2 is 1.71 bits per heavy atom. The lowest BCUT2D eigenvalue weighted by Crippen LogP contribution is -2.20. The third-order valence-electron chi connectivity index (χ3n) is 4.60. The topological polar surface area (TPSA) is 81.9 Å². The lowest BCUT2D eigenvalue weighted by Gasteiger charge is -2.12. The second kappa shape index (κ2) is 8.32. The fourth-order valence-electron chi connectivity index (χ4n) is 2.97. The number of halogens is 2. The van der Waals surface area contributed by atoms with Crippen molar-refractivity contribution in [3.05, 3.63) is 67.6 Å². The molecule has 0 atom stereocenters. The van der Waals surface area contributed by atoms with Gasteiger partial charge in [0.25, 0.3) is 0 Å². The number of phenols is 2. The van der Waals surface area contributed by atoms with Crippen molar-refractivity contribution in [1.29, 1.82) is 0 Å². The highest BCUT2D eigenvalue weighted by atomic mass is 79.9. The Morgan fingerprint density at radius 3 is 2.43 bits per heavy atom. The fraction of sp³-hybridized carbons (Fsp3) is 0.143. The molecule has 5 nitrogen and oxygen atoms in total. The number of phenolic OH excluding ortho intramolecular Hbond substituents is 2. The number of benzene rings is 3. The summed E-state index contributed by atoms with van der Waals surface area (Å²) in [5.41, 5.74) is 4.78. The van der Waals surface area contributed by atoms with Gasteiger partial charge in [0.15, 0.2) is 0 Å². The number of nitrogens with zero attached hydrogens (tertiary/aromatic N) is 1. The third-order valence-corrected chi connectivity index (χ3v) is 6.26. The number of hydrogen-bond acceptors (Lipinski definition) is 4. The van der Waals surface area contributed by atoms with Crippen molar-refractivity contribution in [3.63, 3.8) is 0 Å². The number of carbonyl (C=O) groups is 1. The van der Waals surface area contributed by atoms with Crippen molar-refractivity contribution in [2.24, 2.45) is 5.10 Å². The number of fused-ring (bicyclic) bond motifs is 1. The first kappa shape index (κ1) is 20.4. The van der Waals surface area contributed by atoms with Crippen molar-refractivity contribution in [2.75, 3.05) is 0 Å². The molecule has 3 rings (SSSR count). The first-order chi connectivity index (χ1) is 13.3. The Morgan fingerprint density at radius 1 is 1.04 bits per heavy atom.